The molecule has 3 aromatic heterocycles. The van der Waals surface area contributed by atoms with Crippen molar-refractivity contribution in [2.45, 2.75) is 77.4 Å². The lowest BCUT2D eigenvalue weighted by Crippen LogP contribution is -2.19. The van der Waals surface area contributed by atoms with Crippen LogP contribution in [0.1, 0.15) is 89.4 Å². The molecule has 2 aliphatic rings. The van der Waals surface area contributed by atoms with E-state index in [4.69, 9.17) is 19.7 Å². The van der Waals surface area contributed by atoms with E-state index in [0.29, 0.717) is 0 Å². The second-order valence-electron chi connectivity index (χ2n) is 10.8. The summed E-state index contributed by atoms with van der Waals surface area (Å²) in [5.41, 5.74) is 5.86. The third-order valence-corrected chi connectivity index (χ3v) is 6.35. The highest BCUT2D eigenvalue weighted by molar-refractivity contribution is 5.96. The van der Waals surface area contributed by atoms with Gasteiger partial charge in [0, 0.05) is 16.2 Å². The van der Waals surface area contributed by atoms with Gasteiger partial charge in [0.25, 0.3) is 0 Å². The second-order valence-corrected chi connectivity index (χ2v) is 10.8. The Morgan fingerprint density at radius 2 is 1.60 bits per heavy atom. The van der Waals surface area contributed by atoms with Crippen LogP contribution in [-0.2, 0) is 15.6 Å². The minimum absolute atomic E-state index is 0.130. The van der Waals surface area contributed by atoms with Crippen molar-refractivity contribution in [3.63, 3.8) is 0 Å². The number of nitrogens with zero attached hydrogens (tertiary/aromatic N) is 5. The van der Waals surface area contributed by atoms with Crippen LogP contribution in [0.4, 0.5) is 0 Å². The van der Waals surface area contributed by atoms with Crippen molar-refractivity contribution in [1.29, 1.82) is 0 Å². The van der Waals surface area contributed by atoms with Crippen LogP contribution in [0.25, 0.3) is 27.7 Å². The highest BCUT2D eigenvalue weighted by atomic mass is 16.5. The zero-order valence-electron chi connectivity index (χ0n) is 18.4. The summed E-state index contributed by atoms with van der Waals surface area (Å²) in [7, 11) is 0. The minimum Gasteiger partial charge on any atom is -0.366 e. The quantitative estimate of drug-likeness (QED) is 0.399. The zero-order valence-corrected chi connectivity index (χ0v) is 18.4. The first-order valence-corrected chi connectivity index (χ1v) is 10.8. The third kappa shape index (κ3) is 2.40. The summed E-state index contributed by atoms with van der Waals surface area (Å²) in [6, 6.07) is 4.49. The molecule has 1 saturated heterocycles. The number of fused-ring (bicyclic) bond motifs is 10. The van der Waals surface area contributed by atoms with Crippen LogP contribution in [0.15, 0.2) is 18.3 Å². The number of rotatable bonds is 0. The van der Waals surface area contributed by atoms with E-state index in [1.807, 2.05) is 6.20 Å². The largest absolute Gasteiger partial charge is 0.366 e. The van der Waals surface area contributed by atoms with E-state index < -0.39 is 0 Å². The minimum atomic E-state index is -0.155. The van der Waals surface area contributed by atoms with Crippen molar-refractivity contribution < 1.29 is 4.74 Å². The molecule has 0 radical (unpaired) electrons. The van der Waals surface area contributed by atoms with Crippen LogP contribution in [-0.4, -0.2) is 24.3 Å². The average molecular weight is 402 g/mol. The third-order valence-electron chi connectivity index (χ3n) is 6.35. The SMILES string of the molecule is CC(C)(C)c1ncc2c(n1)nc1c3cc4c(cc3nc(C(C)(C)C)n21)C1CCC4O1. The van der Waals surface area contributed by atoms with Crippen LogP contribution in [0.2, 0.25) is 0 Å². The van der Waals surface area contributed by atoms with E-state index in [9.17, 15) is 0 Å². The lowest BCUT2D eigenvalue weighted by atomic mass is 9.90. The van der Waals surface area contributed by atoms with E-state index in [1.165, 1.54) is 11.1 Å². The van der Waals surface area contributed by atoms with E-state index in [0.717, 1.165) is 52.2 Å². The first-order valence-electron chi connectivity index (χ1n) is 10.8. The fraction of sp³-hybridized carbons (Fsp3) is 0.500. The van der Waals surface area contributed by atoms with Gasteiger partial charge in [-0.3, -0.25) is 4.40 Å². The van der Waals surface area contributed by atoms with Gasteiger partial charge in [0.1, 0.15) is 17.2 Å². The molecule has 154 valence electrons. The molecule has 0 aliphatic carbocycles. The Morgan fingerprint density at radius 3 is 2.27 bits per heavy atom. The fourth-order valence-electron chi connectivity index (χ4n) is 4.84. The summed E-state index contributed by atoms with van der Waals surface area (Å²) in [5.74, 6) is 1.78. The molecule has 0 amide bonds. The average Bonchev–Trinajstić information content (AvgIpc) is 3.37. The van der Waals surface area contributed by atoms with Crippen molar-refractivity contribution >= 4 is 27.7 Å². The Balaban J connectivity index is 1.74. The highest BCUT2D eigenvalue weighted by Crippen LogP contribution is 2.51. The molecule has 5 heterocycles. The molecule has 4 aromatic rings. The standard InChI is InChI=1S/C24H27N5O/c1-23(2,3)21-25-11-16-19(28-21)27-20-14-9-12-13(18-8-7-17(12)30-18)10-15(14)26-22(29(16)20)24(4,5)6/h9-11,17-18H,7-8H2,1-6H3. The van der Waals surface area contributed by atoms with Gasteiger partial charge in [0.2, 0.25) is 0 Å². The van der Waals surface area contributed by atoms with Gasteiger partial charge in [-0.1, -0.05) is 41.5 Å². The molecule has 0 N–H and O–H groups in total. The van der Waals surface area contributed by atoms with Crippen molar-refractivity contribution in [3.8, 4) is 0 Å². The number of hydrogen-bond acceptors (Lipinski definition) is 5. The number of hydrogen-bond donors (Lipinski definition) is 0. The van der Waals surface area contributed by atoms with Gasteiger partial charge < -0.3 is 4.74 Å². The topological polar surface area (TPSA) is 65.2 Å². The molecule has 0 spiro atoms. The molecular formula is C24H27N5O. The first-order chi connectivity index (χ1) is 14.1. The first kappa shape index (κ1) is 18.2. The molecule has 6 nitrogen and oxygen atoms in total. The molecule has 1 aromatic carbocycles. The van der Waals surface area contributed by atoms with Gasteiger partial charge in [-0.25, -0.2) is 19.9 Å². The predicted molar refractivity (Wildman–Crippen MR) is 117 cm³/mol. The van der Waals surface area contributed by atoms with Crippen LogP contribution in [0, 0.1) is 0 Å². The summed E-state index contributed by atoms with van der Waals surface area (Å²) in [5, 5.41) is 1.06. The molecule has 6 heteroatoms. The Kier molecular flexibility index (Phi) is 3.37. The maximum Gasteiger partial charge on any atom is 0.182 e. The van der Waals surface area contributed by atoms with Crippen molar-refractivity contribution in [2.24, 2.45) is 0 Å². The Morgan fingerprint density at radius 1 is 0.900 bits per heavy atom. The number of ether oxygens (including phenoxy) is 1. The summed E-state index contributed by atoms with van der Waals surface area (Å²) >= 11 is 0. The maximum atomic E-state index is 6.16. The fourth-order valence-corrected chi connectivity index (χ4v) is 4.84. The lowest BCUT2D eigenvalue weighted by Gasteiger charge is -2.21. The van der Waals surface area contributed by atoms with Gasteiger partial charge in [-0.15, -0.1) is 0 Å². The molecule has 30 heavy (non-hydrogen) atoms. The summed E-state index contributed by atoms with van der Waals surface area (Å²) in [6.45, 7) is 12.9. The Hall–Kier alpha value is -2.60. The second kappa shape index (κ2) is 5.55. The van der Waals surface area contributed by atoms with Crippen molar-refractivity contribution in [3.05, 3.63) is 41.1 Å². The zero-order chi connectivity index (χ0) is 21.0. The van der Waals surface area contributed by atoms with Gasteiger partial charge in [-0.2, -0.15) is 0 Å². The summed E-state index contributed by atoms with van der Waals surface area (Å²) in [4.78, 5) is 19.7. The van der Waals surface area contributed by atoms with Crippen LogP contribution >= 0.6 is 0 Å². The van der Waals surface area contributed by atoms with Crippen LogP contribution in [0.5, 0.6) is 0 Å². The van der Waals surface area contributed by atoms with Crippen molar-refractivity contribution in [2.75, 3.05) is 0 Å². The van der Waals surface area contributed by atoms with Gasteiger partial charge in [-0.05, 0) is 36.1 Å². The van der Waals surface area contributed by atoms with Crippen LogP contribution in [0.3, 0.4) is 0 Å². The van der Waals surface area contributed by atoms with Crippen LogP contribution < -0.4 is 0 Å². The number of aromatic nitrogens is 5. The normalized spacial score (nSPS) is 21.3. The van der Waals surface area contributed by atoms with Gasteiger partial charge in [0.05, 0.1) is 23.9 Å². The smallest absolute Gasteiger partial charge is 0.182 e. The Bertz CT molecular complexity index is 1360. The maximum absolute atomic E-state index is 6.16. The molecule has 2 bridgehead atoms. The molecule has 0 saturated carbocycles. The summed E-state index contributed by atoms with van der Waals surface area (Å²) in [6.07, 6.45) is 4.56. The van der Waals surface area contributed by atoms with E-state index in [1.54, 1.807) is 0 Å². The lowest BCUT2D eigenvalue weighted by molar-refractivity contribution is 0.0717. The molecule has 2 atom stereocenters. The monoisotopic (exact) mass is 401 g/mol. The van der Waals surface area contributed by atoms with E-state index >= 15 is 0 Å². The van der Waals surface area contributed by atoms with E-state index in [2.05, 4.69) is 63.1 Å². The van der Waals surface area contributed by atoms with Gasteiger partial charge >= 0.3 is 0 Å². The highest BCUT2D eigenvalue weighted by Gasteiger charge is 2.38. The molecule has 2 unspecified atom stereocenters. The number of imidazole rings is 1. The molecule has 6 rings (SSSR count). The van der Waals surface area contributed by atoms with Gasteiger partial charge in [0.15, 0.2) is 11.3 Å². The molecular weight excluding hydrogens is 374 g/mol. The van der Waals surface area contributed by atoms with Crippen molar-refractivity contribution in [1.82, 2.24) is 24.3 Å². The predicted octanol–water partition coefficient (Wildman–Crippen LogP) is 5.33. The van der Waals surface area contributed by atoms with E-state index in [-0.39, 0.29) is 23.0 Å². The molecule has 1 fully saturated rings. The summed E-state index contributed by atoms with van der Waals surface area (Å²) < 4.78 is 8.32. The Labute approximate surface area is 175 Å². The number of benzene rings is 1. The molecule has 2 aliphatic heterocycles.